The van der Waals surface area contributed by atoms with Gasteiger partial charge in [-0.25, -0.2) is 0 Å². The Morgan fingerprint density at radius 2 is 2.50 bits per heavy atom. The molecule has 6 nitrogen and oxygen atoms in total. The van der Waals surface area contributed by atoms with Gasteiger partial charge in [0.1, 0.15) is 0 Å². The first-order chi connectivity index (χ1) is 6.75. The van der Waals surface area contributed by atoms with Gasteiger partial charge in [-0.15, -0.1) is 10.2 Å². The van der Waals surface area contributed by atoms with Crippen molar-refractivity contribution >= 4 is 5.91 Å². The van der Waals surface area contributed by atoms with E-state index in [1.54, 1.807) is 0 Å². The van der Waals surface area contributed by atoms with Crippen LogP contribution in [-0.2, 0) is 11.2 Å². The molecule has 2 N–H and O–H groups in total. The molecule has 0 saturated heterocycles. The lowest BCUT2D eigenvalue weighted by Gasteiger charge is -2.10. The van der Waals surface area contributed by atoms with E-state index in [-0.39, 0.29) is 17.9 Å². The van der Waals surface area contributed by atoms with Crippen LogP contribution in [0.1, 0.15) is 25.6 Å². The summed E-state index contributed by atoms with van der Waals surface area (Å²) in [6.07, 6.45) is 2.68. The molecule has 76 valence electrons. The highest BCUT2D eigenvalue weighted by Crippen LogP contribution is 2.28. The number of aromatic amines is 1. The number of hydrogen-bond acceptors (Lipinski definition) is 4. The SMILES string of the molecule is C[C@@H](Cc1nn[nH]n1)NC(=O)C1CC1. The zero-order chi connectivity index (χ0) is 9.97. The third-order valence-electron chi connectivity index (χ3n) is 2.21. The number of carbonyl (C=O) groups excluding carboxylic acids is 1. The third-order valence-corrected chi connectivity index (χ3v) is 2.21. The Bertz CT molecular complexity index is 306. The van der Waals surface area contributed by atoms with Gasteiger partial charge in [-0.2, -0.15) is 5.21 Å². The molecule has 1 aromatic rings. The smallest absolute Gasteiger partial charge is 0.223 e. The average Bonchev–Trinajstić information content (AvgIpc) is 2.87. The molecule has 0 bridgehead atoms. The van der Waals surface area contributed by atoms with Gasteiger partial charge < -0.3 is 5.32 Å². The summed E-state index contributed by atoms with van der Waals surface area (Å²) in [4.78, 5) is 11.4. The summed E-state index contributed by atoms with van der Waals surface area (Å²) in [5, 5.41) is 16.4. The van der Waals surface area contributed by atoms with Gasteiger partial charge in [0.05, 0.1) is 0 Å². The van der Waals surface area contributed by atoms with Crippen molar-refractivity contribution in [2.75, 3.05) is 0 Å². The van der Waals surface area contributed by atoms with Crippen LogP contribution in [0.15, 0.2) is 0 Å². The summed E-state index contributed by atoms with van der Waals surface area (Å²) in [7, 11) is 0. The average molecular weight is 195 g/mol. The maximum atomic E-state index is 11.4. The van der Waals surface area contributed by atoms with E-state index in [4.69, 9.17) is 0 Å². The predicted molar refractivity (Wildman–Crippen MR) is 48.2 cm³/mol. The number of tetrazole rings is 1. The topological polar surface area (TPSA) is 83.6 Å². The van der Waals surface area contributed by atoms with Crippen molar-refractivity contribution in [2.24, 2.45) is 5.92 Å². The molecule has 6 heteroatoms. The van der Waals surface area contributed by atoms with Gasteiger partial charge in [0.25, 0.3) is 0 Å². The Hall–Kier alpha value is -1.46. The standard InChI is InChI=1S/C8H13N5O/c1-5(4-7-10-12-13-11-7)9-8(14)6-2-3-6/h5-6H,2-4H2,1H3,(H,9,14)(H,10,11,12,13)/t5-/m0/s1. The molecule has 0 aromatic carbocycles. The molecule has 1 aliphatic carbocycles. The quantitative estimate of drug-likeness (QED) is 0.688. The van der Waals surface area contributed by atoms with E-state index in [0.29, 0.717) is 12.2 Å². The van der Waals surface area contributed by atoms with E-state index in [9.17, 15) is 4.79 Å². The van der Waals surface area contributed by atoms with Gasteiger partial charge in [-0.05, 0) is 19.8 Å². The number of carbonyl (C=O) groups is 1. The molecule has 0 radical (unpaired) electrons. The number of aromatic nitrogens is 4. The van der Waals surface area contributed by atoms with E-state index in [0.717, 1.165) is 12.8 Å². The maximum Gasteiger partial charge on any atom is 0.223 e. The number of hydrogen-bond donors (Lipinski definition) is 2. The minimum Gasteiger partial charge on any atom is -0.353 e. The molecule has 14 heavy (non-hydrogen) atoms. The van der Waals surface area contributed by atoms with Crippen LogP contribution in [0.5, 0.6) is 0 Å². The Morgan fingerprint density at radius 3 is 3.07 bits per heavy atom. The van der Waals surface area contributed by atoms with E-state index < -0.39 is 0 Å². The summed E-state index contributed by atoms with van der Waals surface area (Å²) in [6, 6.07) is 0.0701. The summed E-state index contributed by atoms with van der Waals surface area (Å²) in [5.74, 6) is 1.04. The molecule has 0 unspecified atom stereocenters. The van der Waals surface area contributed by atoms with Crippen molar-refractivity contribution < 1.29 is 4.79 Å². The highest BCUT2D eigenvalue weighted by molar-refractivity contribution is 5.81. The molecule has 0 spiro atoms. The van der Waals surface area contributed by atoms with Crippen LogP contribution in [0.25, 0.3) is 0 Å². The number of rotatable bonds is 4. The fraction of sp³-hybridized carbons (Fsp3) is 0.750. The van der Waals surface area contributed by atoms with E-state index in [2.05, 4.69) is 25.9 Å². The summed E-state index contributed by atoms with van der Waals surface area (Å²) < 4.78 is 0. The number of H-pyrrole nitrogens is 1. The second-order valence-corrected chi connectivity index (χ2v) is 3.72. The molecule has 1 heterocycles. The van der Waals surface area contributed by atoms with Gasteiger partial charge in [-0.3, -0.25) is 4.79 Å². The first-order valence-electron chi connectivity index (χ1n) is 4.78. The fourth-order valence-electron chi connectivity index (χ4n) is 1.30. The van der Waals surface area contributed by atoms with Crippen molar-refractivity contribution in [3.63, 3.8) is 0 Å². The molecule has 1 saturated carbocycles. The van der Waals surface area contributed by atoms with Crippen LogP contribution in [0, 0.1) is 5.92 Å². The van der Waals surface area contributed by atoms with E-state index in [1.807, 2.05) is 6.92 Å². The minimum atomic E-state index is 0.0701. The molecule has 1 fully saturated rings. The first-order valence-corrected chi connectivity index (χ1v) is 4.78. The van der Waals surface area contributed by atoms with Crippen molar-refractivity contribution in [1.82, 2.24) is 25.9 Å². The van der Waals surface area contributed by atoms with Gasteiger partial charge in [-0.1, -0.05) is 5.21 Å². The van der Waals surface area contributed by atoms with Crippen LogP contribution in [0.2, 0.25) is 0 Å². The van der Waals surface area contributed by atoms with Crippen LogP contribution in [0.3, 0.4) is 0 Å². The van der Waals surface area contributed by atoms with Crippen molar-refractivity contribution in [1.29, 1.82) is 0 Å². The van der Waals surface area contributed by atoms with Gasteiger partial charge in [0.15, 0.2) is 5.82 Å². The second-order valence-electron chi connectivity index (χ2n) is 3.72. The maximum absolute atomic E-state index is 11.4. The number of amides is 1. The molecule has 1 aliphatic rings. The lowest BCUT2D eigenvalue weighted by atomic mass is 10.2. The Balaban J connectivity index is 1.78. The Labute approximate surface area is 81.5 Å². The van der Waals surface area contributed by atoms with Crippen LogP contribution in [-0.4, -0.2) is 32.6 Å². The fourth-order valence-corrected chi connectivity index (χ4v) is 1.30. The highest BCUT2D eigenvalue weighted by atomic mass is 16.2. The molecule has 2 rings (SSSR count). The van der Waals surface area contributed by atoms with Crippen LogP contribution in [0.4, 0.5) is 0 Å². The lowest BCUT2D eigenvalue weighted by Crippen LogP contribution is -2.35. The summed E-state index contributed by atoms with van der Waals surface area (Å²) in [6.45, 7) is 1.94. The monoisotopic (exact) mass is 195 g/mol. The molecular formula is C8H13N5O. The molecule has 1 amide bonds. The van der Waals surface area contributed by atoms with Crippen molar-refractivity contribution in [3.8, 4) is 0 Å². The largest absolute Gasteiger partial charge is 0.353 e. The highest BCUT2D eigenvalue weighted by Gasteiger charge is 2.30. The van der Waals surface area contributed by atoms with E-state index in [1.165, 1.54) is 0 Å². The van der Waals surface area contributed by atoms with Gasteiger partial charge in [0, 0.05) is 18.4 Å². The Morgan fingerprint density at radius 1 is 1.71 bits per heavy atom. The first kappa shape index (κ1) is 9.11. The summed E-state index contributed by atoms with van der Waals surface area (Å²) >= 11 is 0. The number of nitrogens with one attached hydrogen (secondary N) is 2. The minimum absolute atomic E-state index is 0.0701. The molecule has 1 aromatic heterocycles. The zero-order valence-corrected chi connectivity index (χ0v) is 8.03. The third kappa shape index (κ3) is 2.27. The van der Waals surface area contributed by atoms with Gasteiger partial charge >= 0.3 is 0 Å². The van der Waals surface area contributed by atoms with Gasteiger partial charge in [0.2, 0.25) is 5.91 Å². The molecule has 0 aliphatic heterocycles. The zero-order valence-electron chi connectivity index (χ0n) is 8.03. The lowest BCUT2D eigenvalue weighted by molar-refractivity contribution is -0.122. The second kappa shape index (κ2) is 3.73. The van der Waals surface area contributed by atoms with E-state index >= 15 is 0 Å². The van der Waals surface area contributed by atoms with Crippen LogP contribution < -0.4 is 5.32 Å². The van der Waals surface area contributed by atoms with Crippen molar-refractivity contribution in [2.45, 2.75) is 32.2 Å². The predicted octanol–water partition coefficient (Wildman–Crippen LogP) is -0.343. The number of nitrogens with zero attached hydrogens (tertiary/aromatic N) is 3. The normalized spacial score (nSPS) is 17.8. The molecule has 1 atom stereocenters. The molecular weight excluding hydrogens is 182 g/mol. The van der Waals surface area contributed by atoms with Crippen molar-refractivity contribution in [3.05, 3.63) is 5.82 Å². The summed E-state index contributed by atoms with van der Waals surface area (Å²) in [5.41, 5.74) is 0. The Kier molecular flexibility index (Phi) is 2.43. The van der Waals surface area contributed by atoms with Crippen LogP contribution >= 0.6 is 0 Å².